The average Bonchev–Trinajstić information content (AvgIpc) is 3.45. The maximum atomic E-state index is 12.1. The molecule has 6 rings (SSSR count). The van der Waals surface area contributed by atoms with Crippen molar-refractivity contribution in [3.63, 3.8) is 0 Å². The third-order valence-electron chi connectivity index (χ3n) is 11.4. The highest BCUT2D eigenvalue weighted by molar-refractivity contribution is 5.93. The van der Waals surface area contributed by atoms with Crippen molar-refractivity contribution in [1.29, 1.82) is 0 Å². The van der Waals surface area contributed by atoms with Crippen LogP contribution in [0.2, 0.25) is 0 Å². The normalized spacial score (nSPS) is 9.95. The van der Waals surface area contributed by atoms with E-state index in [2.05, 4.69) is 55.4 Å². The Balaban J connectivity index is 0.000000355. The molecule has 78 heavy (non-hydrogen) atoms. The van der Waals surface area contributed by atoms with E-state index in [4.69, 9.17) is 24.1 Å². The van der Waals surface area contributed by atoms with Crippen LogP contribution in [-0.4, -0.2) is 72.7 Å². The molecule has 412 valence electrons. The fourth-order valence-electron chi connectivity index (χ4n) is 7.26. The highest BCUT2D eigenvalue weighted by Gasteiger charge is 2.13. The zero-order valence-corrected chi connectivity index (χ0v) is 45.8. The number of ether oxygens (including phenoxy) is 5. The van der Waals surface area contributed by atoms with E-state index in [1.807, 2.05) is 86.6 Å². The summed E-state index contributed by atoms with van der Waals surface area (Å²) in [6.45, 7) is 17.9. The fourth-order valence-corrected chi connectivity index (χ4v) is 7.26. The highest BCUT2D eigenvalue weighted by atomic mass is 16.5. The molecule has 0 bridgehead atoms. The molecule has 0 amide bonds. The van der Waals surface area contributed by atoms with E-state index in [0.29, 0.717) is 57.1 Å². The van der Waals surface area contributed by atoms with E-state index in [0.717, 1.165) is 95.5 Å². The van der Waals surface area contributed by atoms with Gasteiger partial charge in [0.05, 0.1) is 33.0 Å². The minimum atomic E-state index is -1.20. The maximum absolute atomic E-state index is 12.1. The molecule has 12 heteroatoms. The van der Waals surface area contributed by atoms with Crippen molar-refractivity contribution in [1.82, 2.24) is 0 Å². The molecule has 0 unspecified atom stereocenters. The number of carbonyl (C=O) groups excluding carboxylic acids is 3. The van der Waals surface area contributed by atoms with E-state index in [1.54, 1.807) is 24.3 Å². The zero-order chi connectivity index (χ0) is 56.8. The molecule has 0 spiro atoms. The molecule has 0 heterocycles. The Labute approximate surface area is 461 Å². The van der Waals surface area contributed by atoms with Crippen molar-refractivity contribution in [2.75, 3.05) is 33.0 Å². The summed E-state index contributed by atoms with van der Waals surface area (Å²) >= 11 is 0. The molecule has 0 radical (unpaired) electrons. The predicted molar refractivity (Wildman–Crippen MR) is 310 cm³/mol. The Morgan fingerprint density at radius 1 is 0.487 bits per heavy atom. The van der Waals surface area contributed by atoms with Crippen molar-refractivity contribution in [3.8, 4) is 46.7 Å². The number of phenols is 2. The summed E-state index contributed by atoms with van der Waals surface area (Å²) in [5, 5.41) is 32.9. The smallest absolute Gasteiger partial charge is 0.341 e. The van der Waals surface area contributed by atoms with Gasteiger partial charge in [0.15, 0.2) is 0 Å². The largest absolute Gasteiger partial charge is 0.507 e. The first kappa shape index (κ1) is 63.8. The van der Waals surface area contributed by atoms with Gasteiger partial charge in [0.1, 0.15) is 34.1 Å². The Bertz CT molecular complexity index is 2960. The molecule has 6 aromatic carbocycles. The second-order valence-electron chi connectivity index (χ2n) is 17.8. The fraction of sp³-hybridized carbons (Fsp3) is 0.333. The van der Waals surface area contributed by atoms with Crippen LogP contribution in [0.1, 0.15) is 154 Å². The average molecular weight is 1060 g/mol. The first-order valence-corrected chi connectivity index (χ1v) is 26.7. The summed E-state index contributed by atoms with van der Waals surface area (Å²) in [4.78, 5) is 44.3. The monoisotopic (exact) mass is 1060 g/mol. The van der Waals surface area contributed by atoms with Gasteiger partial charge in [-0.05, 0) is 171 Å². The number of phenolic OH excluding ortho intramolecular Hbond substituents is 1. The van der Waals surface area contributed by atoms with Crippen LogP contribution >= 0.6 is 0 Å². The van der Waals surface area contributed by atoms with Gasteiger partial charge in [-0.2, -0.15) is 0 Å². The van der Waals surface area contributed by atoms with E-state index >= 15 is 0 Å². The van der Waals surface area contributed by atoms with Crippen LogP contribution in [0, 0.1) is 23.7 Å². The minimum Gasteiger partial charge on any atom is -0.507 e. The lowest BCUT2D eigenvalue weighted by Crippen LogP contribution is -2.06. The molecular formula is C66H76O12. The van der Waals surface area contributed by atoms with E-state index < -0.39 is 11.9 Å². The van der Waals surface area contributed by atoms with Gasteiger partial charge in [0.2, 0.25) is 0 Å². The number of esters is 2. The van der Waals surface area contributed by atoms with Crippen molar-refractivity contribution in [2.45, 2.75) is 111 Å². The summed E-state index contributed by atoms with van der Waals surface area (Å²) < 4.78 is 26.5. The Morgan fingerprint density at radius 3 is 1.35 bits per heavy atom. The molecule has 12 nitrogen and oxygen atoms in total. The Kier molecular flexibility index (Phi) is 31.2. The number of hydrogen-bond donors (Lipinski definition) is 3. The van der Waals surface area contributed by atoms with Crippen LogP contribution in [0.15, 0.2) is 135 Å². The number of rotatable bonds is 25. The van der Waals surface area contributed by atoms with Crippen LogP contribution in [0.25, 0.3) is 21.5 Å². The van der Waals surface area contributed by atoms with Gasteiger partial charge in [0, 0.05) is 28.3 Å². The minimum absolute atomic E-state index is 0.114. The second-order valence-corrected chi connectivity index (χ2v) is 17.8. The molecule has 0 atom stereocenters. The number of allylic oxidation sites excluding steroid dienone is 1. The Hall–Kier alpha value is -8.48. The van der Waals surface area contributed by atoms with Gasteiger partial charge in [-0.25, -0.2) is 14.4 Å². The van der Waals surface area contributed by atoms with Crippen LogP contribution in [-0.2, 0) is 23.8 Å². The molecular weight excluding hydrogens is 985 g/mol. The second kappa shape index (κ2) is 38.1. The van der Waals surface area contributed by atoms with Crippen LogP contribution in [0.4, 0.5) is 0 Å². The van der Waals surface area contributed by atoms with Crippen molar-refractivity contribution in [2.24, 2.45) is 0 Å². The van der Waals surface area contributed by atoms with Gasteiger partial charge in [-0.15, -0.1) is 6.58 Å². The summed E-state index contributed by atoms with van der Waals surface area (Å²) in [6.07, 6.45) is 16.7. The lowest BCUT2D eigenvalue weighted by atomic mass is 10.1. The first-order valence-electron chi connectivity index (χ1n) is 26.7. The third kappa shape index (κ3) is 24.9. The standard InChI is InChI=1S/C29H30O6.C28H26O6.C6H14.C3H6/c1-2-15-35-29(32)27-19-23(10-14-28(27)31)8-7-22-9-11-25-20-26(13-12-24(25)18-22)34-17-6-4-3-5-16-33-21-30;1-2-27(30)34-16-6-4-3-5-15-33-24-13-12-22-17-20(9-11-23(22)19-24)7-8-21-10-14-26(29)25(18-21)28(31)32;1-3-5-6-4-2;1-3-2/h9-14,18-21,31H,2-6,15-17H2,1H3;2,9-14,17-19,29H,1,3-6,15-16H2,(H,31,32);3-6H2,1-2H3;3H,1H2,2H3. The van der Waals surface area contributed by atoms with Crippen LogP contribution < -0.4 is 9.47 Å². The number of carbonyl (C=O) groups is 4. The topological polar surface area (TPSA) is 175 Å². The molecule has 0 aliphatic heterocycles. The zero-order valence-electron chi connectivity index (χ0n) is 45.8. The number of fused-ring (bicyclic) bond motifs is 2. The number of carboxylic acids is 1. The van der Waals surface area contributed by atoms with E-state index in [-0.39, 0.29) is 28.6 Å². The number of aromatic carboxylic acids is 1. The van der Waals surface area contributed by atoms with Gasteiger partial charge in [0.25, 0.3) is 6.47 Å². The number of unbranched alkanes of at least 4 members (excludes halogenated alkanes) is 9. The first-order chi connectivity index (χ1) is 37.9. The lowest BCUT2D eigenvalue weighted by molar-refractivity contribution is -0.137. The molecule has 0 aromatic heterocycles. The summed E-state index contributed by atoms with van der Waals surface area (Å²) in [6, 6.07) is 32.6. The van der Waals surface area contributed by atoms with Crippen LogP contribution in [0.5, 0.6) is 23.0 Å². The highest BCUT2D eigenvalue weighted by Crippen LogP contribution is 2.25. The third-order valence-corrected chi connectivity index (χ3v) is 11.4. The maximum Gasteiger partial charge on any atom is 0.341 e. The van der Waals surface area contributed by atoms with Crippen molar-refractivity contribution >= 4 is 45.9 Å². The van der Waals surface area contributed by atoms with E-state index in [1.165, 1.54) is 50.0 Å². The summed E-state index contributed by atoms with van der Waals surface area (Å²) in [5.74, 6) is 11.2. The summed E-state index contributed by atoms with van der Waals surface area (Å²) in [5.41, 5.74) is 2.70. The van der Waals surface area contributed by atoms with Gasteiger partial charge in [-0.3, -0.25) is 4.79 Å². The van der Waals surface area contributed by atoms with Crippen LogP contribution in [0.3, 0.4) is 0 Å². The SMILES string of the molecule is C=CC.C=CC(=O)OCCCCCCOc1ccc2cc(C#Cc3ccc(O)c(C(=O)O)c3)ccc2c1.CCCCCC.CCCOC(=O)c1cc(C#Cc2ccc3cc(OCCCCCCOC=O)ccc3c2)ccc1O. The Morgan fingerprint density at radius 2 is 0.897 bits per heavy atom. The van der Waals surface area contributed by atoms with Gasteiger partial charge < -0.3 is 39.0 Å². The molecule has 6 aromatic rings. The van der Waals surface area contributed by atoms with Gasteiger partial charge >= 0.3 is 17.9 Å². The van der Waals surface area contributed by atoms with Gasteiger partial charge in [-0.1, -0.05) is 107 Å². The van der Waals surface area contributed by atoms with E-state index in [9.17, 15) is 29.4 Å². The quantitative estimate of drug-likeness (QED) is 0.00942. The molecule has 3 N–H and O–H groups in total. The predicted octanol–water partition coefficient (Wildman–Crippen LogP) is 14.7. The number of hydrogen-bond acceptors (Lipinski definition) is 11. The summed E-state index contributed by atoms with van der Waals surface area (Å²) in [7, 11) is 0. The number of aromatic hydroxyl groups is 2. The van der Waals surface area contributed by atoms with Crippen molar-refractivity contribution < 1.29 is 58.2 Å². The van der Waals surface area contributed by atoms with Crippen molar-refractivity contribution in [3.05, 3.63) is 168 Å². The molecule has 0 saturated heterocycles. The molecule has 0 fully saturated rings. The number of carboxylic acid groups (broad SMARTS) is 1. The number of benzene rings is 6. The molecule has 0 aliphatic rings. The molecule has 0 aliphatic carbocycles. The molecule has 0 saturated carbocycles. The lowest BCUT2D eigenvalue weighted by Gasteiger charge is -2.08.